The van der Waals surface area contributed by atoms with Gasteiger partial charge in [0, 0.05) is 49.3 Å². The second kappa shape index (κ2) is 15.5. The van der Waals surface area contributed by atoms with Crippen molar-refractivity contribution < 1.29 is 33.9 Å². The monoisotopic (exact) mass is 590 g/mol. The Hall–Kier alpha value is -2.92. The largest absolute Gasteiger partial charge is 1.00 e. The van der Waals surface area contributed by atoms with Crippen molar-refractivity contribution in [1.82, 2.24) is 0 Å². The quantitative estimate of drug-likeness (QED) is 0.146. The standard InChI is InChI=1S/C26H32N8S2.2ClH/c1-31(23-11-7-21(8-12-23)27-29-25-33(3)17-19-35-25)15-5-6-16-32(2)24-13-9-22(10-14-24)28-30-26-34(4)18-20-36-26;;/h7-14,17-20H,5-6,15-16H2,1-4H3;2*1H/q+2;;/p-2. The zero-order valence-corrected chi connectivity index (χ0v) is 25.1. The predicted molar refractivity (Wildman–Crippen MR) is 148 cm³/mol. The van der Waals surface area contributed by atoms with Gasteiger partial charge in [-0.25, -0.2) is 9.13 Å². The van der Waals surface area contributed by atoms with Crippen molar-refractivity contribution in [1.29, 1.82) is 0 Å². The van der Waals surface area contributed by atoms with E-state index in [9.17, 15) is 0 Å². The lowest BCUT2D eigenvalue weighted by atomic mass is 10.2. The van der Waals surface area contributed by atoms with E-state index in [1.807, 2.05) is 70.6 Å². The number of halogens is 2. The molecule has 0 bridgehead atoms. The molecule has 0 amide bonds. The minimum Gasteiger partial charge on any atom is -1.00 e. The van der Waals surface area contributed by atoms with Crippen LogP contribution in [0.3, 0.4) is 0 Å². The van der Waals surface area contributed by atoms with Crippen LogP contribution in [-0.4, -0.2) is 27.2 Å². The number of hydrogen-bond acceptors (Lipinski definition) is 8. The molecule has 2 heterocycles. The molecule has 0 atom stereocenters. The van der Waals surface area contributed by atoms with Crippen molar-refractivity contribution in [3.8, 4) is 0 Å². The van der Waals surface area contributed by atoms with E-state index in [1.165, 1.54) is 11.4 Å². The Morgan fingerprint density at radius 3 is 1.29 bits per heavy atom. The molecule has 38 heavy (non-hydrogen) atoms. The Labute approximate surface area is 244 Å². The number of unbranched alkanes of at least 4 members (excludes halogenated alkanes) is 1. The smallest absolute Gasteiger partial charge is 0.408 e. The first-order chi connectivity index (χ1) is 17.5. The van der Waals surface area contributed by atoms with E-state index < -0.39 is 0 Å². The van der Waals surface area contributed by atoms with Crippen LogP contribution >= 0.6 is 22.7 Å². The second-order valence-electron chi connectivity index (χ2n) is 8.58. The van der Waals surface area contributed by atoms with Crippen molar-refractivity contribution >= 4 is 55.7 Å². The fourth-order valence-electron chi connectivity index (χ4n) is 3.55. The molecule has 0 saturated heterocycles. The van der Waals surface area contributed by atoms with Gasteiger partial charge < -0.3 is 34.6 Å². The van der Waals surface area contributed by atoms with Crippen LogP contribution in [0, 0.1) is 0 Å². The van der Waals surface area contributed by atoms with Gasteiger partial charge in [-0.15, -0.1) is 0 Å². The highest BCUT2D eigenvalue weighted by Gasteiger charge is 2.09. The molecule has 0 aliphatic rings. The lowest BCUT2D eigenvalue weighted by Crippen LogP contribution is -3.00. The number of nitrogens with zero attached hydrogens (tertiary/aromatic N) is 8. The molecule has 0 aliphatic carbocycles. The molecule has 0 aliphatic heterocycles. The third-order valence-corrected chi connectivity index (χ3v) is 7.52. The molecule has 2 aromatic carbocycles. The van der Waals surface area contributed by atoms with Crippen LogP contribution in [0.15, 0.2) is 92.1 Å². The molecule has 2 aromatic heterocycles. The molecule has 0 spiro atoms. The first-order valence-electron chi connectivity index (χ1n) is 11.8. The van der Waals surface area contributed by atoms with E-state index in [-0.39, 0.29) is 24.8 Å². The van der Waals surface area contributed by atoms with E-state index in [4.69, 9.17) is 0 Å². The molecule has 4 aromatic rings. The average molecular weight is 592 g/mol. The van der Waals surface area contributed by atoms with Crippen LogP contribution in [-0.2, 0) is 14.1 Å². The zero-order valence-electron chi connectivity index (χ0n) is 21.9. The molecular weight excluding hydrogens is 559 g/mol. The van der Waals surface area contributed by atoms with Gasteiger partial charge in [-0.05, 0) is 94.3 Å². The highest BCUT2D eigenvalue weighted by Crippen LogP contribution is 2.24. The molecule has 8 nitrogen and oxygen atoms in total. The molecule has 0 saturated carbocycles. The summed E-state index contributed by atoms with van der Waals surface area (Å²) < 4.78 is 3.92. The van der Waals surface area contributed by atoms with E-state index in [0.717, 1.165) is 47.6 Å². The Bertz CT molecular complexity index is 1200. The third kappa shape index (κ3) is 8.83. The number of aromatic nitrogens is 2. The highest BCUT2D eigenvalue weighted by atomic mass is 35.5. The SMILES string of the molecule is CN(CCCCN(C)c1ccc(N=Nc2scc[n+]2C)cc1)c1ccc(N=Nc2scc[n+]2C)cc1.[Cl-].[Cl-]. The number of thiazole rings is 2. The lowest BCUT2D eigenvalue weighted by Gasteiger charge is -2.22. The second-order valence-corrected chi connectivity index (χ2v) is 10.3. The molecule has 0 radical (unpaired) electrons. The molecule has 0 unspecified atom stereocenters. The van der Waals surface area contributed by atoms with Gasteiger partial charge in [-0.3, -0.25) is 0 Å². The van der Waals surface area contributed by atoms with Crippen molar-refractivity contribution in [2.75, 3.05) is 37.0 Å². The first-order valence-corrected chi connectivity index (χ1v) is 13.6. The topological polar surface area (TPSA) is 63.7 Å². The third-order valence-electron chi connectivity index (χ3n) is 5.84. The Kier molecular flexibility index (Phi) is 12.8. The fourth-order valence-corrected chi connectivity index (χ4v) is 4.91. The summed E-state index contributed by atoms with van der Waals surface area (Å²) in [6.45, 7) is 2.00. The predicted octanol–water partition coefficient (Wildman–Crippen LogP) is 0.650. The first kappa shape index (κ1) is 31.3. The van der Waals surface area contributed by atoms with Gasteiger partial charge in [0.1, 0.15) is 23.8 Å². The van der Waals surface area contributed by atoms with E-state index in [1.54, 1.807) is 22.7 Å². The summed E-state index contributed by atoms with van der Waals surface area (Å²) >= 11 is 3.15. The number of anilines is 2. The van der Waals surface area contributed by atoms with Crippen molar-refractivity contribution in [3.05, 3.63) is 71.7 Å². The van der Waals surface area contributed by atoms with Crippen LogP contribution in [0.1, 0.15) is 12.8 Å². The van der Waals surface area contributed by atoms with Crippen LogP contribution in [0.25, 0.3) is 0 Å². The Balaban J connectivity index is 0.00000253. The van der Waals surface area contributed by atoms with E-state index in [2.05, 4.69) is 68.6 Å². The van der Waals surface area contributed by atoms with Gasteiger partial charge in [0.15, 0.2) is 0 Å². The van der Waals surface area contributed by atoms with Gasteiger partial charge in [-0.1, -0.05) is 0 Å². The van der Waals surface area contributed by atoms with Gasteiger partial charge in [-0.2, -0.15) is 0 Å². The molecule has 0 fully saturated rings. The van der Waals surface area contributed by atoms with Crippen LogP contribution in [0.2, 0.25) is 0 Å². The van der Waals surface area contributed by atoms with Gasteiger partial charge >= 0.3 is 10.3 Å². The summed E-state index contributed by atoms with van der Waals surface area (Å²) in [4.78, 5) is 4.57. The van der Waals surface area contributed by atoms with E-state index in [0.29, 0.717) is 0 Å². The number of aryl methyl sites for hydroxylation is 2. The Morgan fingerprint density at radius 2 is 0.974 bits per heavy atom. The van der Waals surface area contributed by atoms with Crippen molar-refractivity contribution in [2.24, 2.45) is 34.6 Å². The number of rotatable bonds is 11. The molecular formula is C26H32Cl2N8S2. The summed E-state index contributed by atoms with van der Waals surface area (Å²) in [6.07, 6.45) is 6.18. The maximum atomic E-state index is 4.34. The summed E-state index contributed by atoms with van der Waals surface area (Å²) in [5.74, 6) is 0. The molecule has 202 valence electrons. The van der Waals surface area contributed by atoms with Crippen molar-refractivity contribution in [2.45, 2.75) is 12.8 Å². The lowest BCUT2D eigenvalue weighted by molar-refractivity contribution is -0.654. The molecule has 4 rings (SSSR count). The van der Waals surface area contributed by atoms with Crippen LogP contribution < -0.4 is 43.7 Å². The van der Waals surface area contributed by atoms with Crippen LogP contribution in [0.4, 0.5) is 33.0 Å². The maximum absolute atomic E-state index is 4.34. The van der Waals surface area contributed by atoms with Crippen LogP contribution in [0.5, 0.6) is 0 Å². The van der Waals surface area contributed by atoms with Crippen molar-refractivity contribution in [3.63, 3.8) is 0 Å². The molecule has 0 N–H and O–H groups in total. The summed E-state index contributed by atoms with van der Waals surface area (Å²) in [5, 5.41) is 23.1. The number of hydrogen-bond donors (Lipinski definition) is 0. The summed E-state index contributed by atoms with van der Waals surface area (Å²) in [5.41, 5.74) is 4.08. The van der Waals surface area contributed by atoms with E-state index >= 15 is 0 Å². The normalized spacial score (nSPS) is 10.9. The summed E-state index contributed by atoms with van der Waals surface area (Å²) in [6, 6.07) is 16.5. The summed E-state index contributed by atoms with van der Waals surface area (Å²) in [7, 11) is 8.21. The Morgan fingerprint density at radius 1 is 0.605 bits per heavy atom. The zero-order chi connectivity index (χ0) is 25.3. The van der Waals surface area contributed by atoms with Gasteiger partial charge in [0.2, 0.25) is 0 Å². The fraction of sp³-hybridized carbons (Fsp3) is 0.308. The minimum absolute atomic E-state index is 0. The maximum Gasteiger partial charge on any atom is 0.408 e. The molecule has 12 heteroatoms. The van der Waals surface area contributed by atoms with Gasteiger partial charge in [0.05, 0.1) is 24.3 Å². The van der Waals surface area contributed by atoms with Gasteiger partial charge in [0.25, 0.3) is 0 Å². The number of benzene rings is 2. The minimum atomic E-state index is 0. The average Bonchev–Trinajstić information content (AvgIpc) is 3.51. The highest BCUT2D eigenvalue weighted by molar-refractivity contribution is 7.13. The number of azo groups is 2.